The molecule has 0 saturated heterocycles. The van der Waals surface area contributed by atoms with Crippen LogP contribution in [0.3, 0.4) is 0 Å². The van der Waals surface area contributed by atoms with Crippen LogP contribution in [-0.4, -0.2) is 6.54 Å². The molecule has 2 rings (SSSR count). The van der Waals surface area contributed by atoms with Crippen LogP contribution in [0, 0.1) is 18.3 Å². The van der Waals surface area contributed by atoms with Crippen molar-refractivity contribution >= 4 is 12.4 Å². The zero-order valence-electron chi connectivity index (χ0n) is 7.94. The number of halogens is 1. The highest BCUT2D eigenvalue weighted by molar-refractivity contribution is 5.85. The monoisotopic (exact) mass is 207 g/mol. The molecule has 14 heavy (non-hydrogen) atoms. The molecule has 1 aromatic carbocycles. The maximum atomic E-state index is 5.59. The van der Waals surface area contributed by atoms with Gasteiger partial charge in [-0.2, -0.15) is 0 Å². The zero-order chi connectivity index (χ0) is 9.26. The van der Waals surface area contributed by atoms with Crippen LogP contribution in [-0.2, 0) is 0 Å². The van der Waals surface area contributed by atoms with E-state index in [1.165, 1.54) is 12.0 Å². The van der Waals surface area contributed by atoms with Gasteiger partial charge >= 0.3 is 0 Å². The number of hydrogen-bond donors (Lipinski definition) is 1. The van der Waals surface area contributed by atoms with Crippen molar-refractivity contribution < 1.29 is 0 Å². The fourth-order valence-electron chi connectivity index (χ4n) is 1.78. The molecule has 1 nitrogen and oxygen atoms in total. The summed E-state index contributed by atoms with van der Waals surface area (Å²) in [4.78, 5) is 0. The van der Waals surface area contributed by atoms with Crippen molar-refractivity contribution in [3.63, 3.8) is 0 Å². The van der Waals surface area contributed by atoms with Gasteiger partial charge in [0.05, 0.1) is 0 Å². The fourth-order valence-corrected chi connectivity index (χ4v) is 1.78. The van der Waals surface area contributed by atoms with Crippen LogP contribution in [0.4, 0.5) is 0 Å². The Kier molecular flexibility index (Phi) is 3.57. The van der Waals surface area contributed by atoms with E-state index in [0.29, 0.717) is 11.8 Å². The Morgan fingerprint density at radius 3 is 2.86 bits per heavy atom. The normalized spacial score (nSPS) is 23.4. The van der Waals surface area contributed by atoms with Gasteiger partial charge < -0.3 is 5.73 Å². The first-order chi connectivity index (χ1) is 6.35. The summed E-state index contributed by atoms with van der Waals surface area (Å²) in [5, 5.41) is 0. The van der Waals surface area contributed by atoms with Crippen LogP contribution in [0.1, 0.15) is 23.5 Å². The van der Waals surface area contributed by atoms with Crippen molar-refractivity contribution in [1.29, 1.82) is 0 Å². The quantitative estimate of drug-likeness (QED) is 0.739. The summed E-state index contributed by atoms with van der Waals surface area (Å²) in [5.41, 5.74) is 7.92. The van der Waals surface area contributed by atoms with E-state index in [1.807, 2.05) is 12.1 Å². The molecule has 2 N–H and O–H groups in total. The number of rotatable bonds is 2. The molecule has 0 aromatic heterocycles. The third kappa shape index (κ3) is 2.09. The van der Waals surface area contributed by atoms with Gasteiger partial charge in [-0.05, 0) is 42.5 Å². The van der Waals surface area contributed by atoms with Crippen molar-refractivity contribution in [2.75, 3.05) is 6.54 Å². The number of terminal acetylenes is 1. The molecule has 0 aliphatic heterocycles. The Labute approximate surface area is 91.1 Å². The highest BCUT2D eigenvalue weighted by atomic mass is 35.5. The Morgan fingerprint density at radius 2 is 2.29 bits per heavy atom. The summed E-state index contributed by atoms with van der Waals surface area (Å²) >= 11 is 0. The molecule has 1 aliphatic rings. The van der Waals surface area contributed by atoms with E-state index in [0.717, 1.165) is 12.1 Å². The minimum absolute atomic E-state index is 0. The molecular formula is C12H14ClN. The van der Waals surface area contributed by atoms with Crippen LogP contribution in [0.5, 0.6) is 0 Å². The molecule has 1 fully saturated rings. The third-order valence-electron chi connectivity index (χ3n) is 2.71. The van der Waals surface area contributed by atoms with Crippen LogP contribution in [0.15, 0.2) is 24.3 Å². The van der Waals surface area contributed by atoms with Crippen LogP contribution < -0.4 is 5.73 Å². The van der Waals surface area contributed by atoms with Gasteiger partial charge in [0, 0.05) is 5.56 Å². The molecule has 0 radical (unpaired) electrons. The van der Waals surface area contributed by atoms with E-state index < -0.39 is 0 Å². The summed E-state index contributed by atoms with van der Waals surface area (Å²) in [6.45, 7) is 0.797. The molecular weight excluding hydrogens is 194 g/mol. The molecule has 1 aromatic rings. The molecule has 74 valence electrons. The second-order valence-corrected chi connectivity index (χ2v) is 3.61. The van der Waals surface area contributed by atoms with Crippen LogP contribution in [0.25, 0.3) is 0 Å². The average molecular weight is 208 g/mol. The molecule has 0 heterocycles. The maximum Gasteiger partial charge on any atom is 0.0245 e. The van der Waals surface area contributed by atoms with E-state index in [1.54, 1.807) is 0 Å². The van der Waals surface area contributed by atoms with Gasteiger partial charge in [-0.15, -0.1) is 18.8 Å². The Bertz CT molecular complexity index is 354. The summed E-state index contributed by atoms with van der Waals surface area (Å²) in [6.07, 6.45) is 6.56. The Balaban J connectivity index is 0.000000980. The molecule has 0 amide bonds. The Hall–Kier alpha value is -0.970. The SMILES string of the molecule is C#Cc1cccc([C@H]2C[C@@H]2CN)c1.Cl. The molecule has 1 aliphatic carbocycles. The molecule has 2 atom stereocenters. The molecule has 2 heteroatoms. The van der Waals surface area contributed by atoms with Crippen molar-refractivity contribution in [3.05, 3.63) is 35.4 Å². The first-order valence-corrected chi connectivity index (χ1v) is 4.62. The number of hydrogen-bond acceptors (Lipinski definition) is 1. The zero-order valence-corrected chi connectivity index (χ0v) is 8.76. The van der Waals surface area contributed by atoms with E-state index >= 15 is 0 Å². The summed E-state index contributed by atoms with van der Waals surface area (Å²) in [7, 11) is 0. The molecule has 0 bridgehead atoms. The van der Waals surface area contributed by atoms with Gasteiger partial charge in [-0.1, -0.05) is 18.1 Å². The van der Waals surface area contributed by atoms with E-state index in [9.17, 15) is 0 Å². The lowest BCUT2D eigenvalue weighted by Crippen LogP contribution is -2.01. The average Bonchev–Trinajstić information content (AvgIpc) is 2.97. The van der Waals surface area contributed by atoms with Gasteiger partial charge in [0.25, 0.3) is 0 Å². The minimum atomic E-state index is 0. The fraction of sp³-hybridized carbons (Fsp3) is 0.333. The third-order valence-corrected chi connectivity index (χ3v) is 2.71. The lowest BCUT2D eigenvalue weighted by atomic mass is 10.1. The van der Waals surface area contributed by atoms with E-state index in [2.05, 4.69) is 18.1 Å². The predicted octanol–water partition coefficient (Wildman–Crippen LogP) is 2.15. The smallest absolute Gasteiger partial charge is 0.0245 e. The minimum Gasteiger partial charge on any atom is -0.330 e. The van der Waals surface area contributed by atoms with Gasteiger partial charge in [0.15, 0.2) is 0 Å². The lowest BCUT2D eigenvalue weighted by Gasteiger charge is -1.99. The molecule has 0 unspecified atom stereocenters. The van der Waals surface area contributed by atoms with Crippen molar-refractivity contribution in [2.45, 2.75) is 12.3 Å². The number of nitrogens with two attached hydrogens (primary N) is 1. The van der Waals surface area contributed by atoms with E-state index in [4.69, 9.17) is 12.2 Å². The lowest BCUT2D eigenvalue weighted by molar-refractivity contribution is 0.809. The van der Waals surface area contributed by atoms with Crippen LogP contribution >= 0.6 is 12.4 Å². The van der Waals surface area contributed by atoms with Crippen molar-refractivity contribution in [3.8, 4) is 12.3 Å². The van der Waals surface area contributed by atoms with Gasteiger partial charge in [0.1, 0.15) is 0 Å². The predicted molar refractivity (Wildman–Crippen MR) is 61.5 cm³/mol. The highest BCUT2D eigenvalue weighted by Gasteiger charge is 2.36. The van der Waals surface area contributed by atoms with Gasteiger partial charge in [-0.3, -0.25) is 0 Å². The first-order valence-electron chi connectivity index (χ1n) is 4.62. The summed E-state index contributed by atoms with van der Waals surface area (Å²) in [5.74, 6) is 4.00. The highest BCUT2D eigenvalue weighted by Crippen LogP contribution is 2.46. The van der Waals surface area contributed by atoms with Crippen molar-refractivity contribution in [1.82, 2.24) is 0 Å². The maximum absolute atomic E-state index is 5.59. The van der Waals surface area contributed by atoms with Gasteiger partial charge in [-0.25, -0.2) is 0 Å². The van der Waals surface area contributed by atoms with Crippen molar-refractivity contribution in [2.24, 2.45) is 11.7 Å². The topological polar surface area (TPSA) is 26.0 Å². The first kappa shape index (κ1) is 11.1. The summed E-state index contributed by atoms with van der Waals surface area (Å²) < 4.78 is 0. The Morgan fingerprint density at radius 1 is 1.50 bits per heavy atom. The molecule has 1 saturated carbocycles. The molecule has 0 spiro atoms. The standard InChI is InChI=1S/C12H13N.ClH/c1-2-9-4-3-5-10(6-9)12-7-11(12)8-13;/h1,3-6,11-12H,7-8,13H2;1H/t11-,12-;/m1./s1. The van der Waals surface area contributed by atoms with E-state index in [-0.39, 0.29) is 12.4 Å². The summed E-state index contributed by atoms with van der Waals surface area (Å²) in [6, 6.07) is 8.22. The largest absolute Gasteiger partial charge is 0.330 e. The van der Waals surface area contributed by atoms with Gasteiger partial charge in [0.2, 0.25) is 0 Å². The second-order valence-electron chi connectivity index (χ2n) is 3.61. The second kappa shape index (κ2) is 4.50. The number of benzene rings is 1. The van der Waals surface area contributed by atoms with Crippen LogP contribution in [0.2, 0.25) is 0 Å².